The number of nitrogens with zero attached hydrogens (tertiary/aromatic N) is 1. The molecule has 5 heterocycles. The number of fused-ring (bicyclic) bond motifs is 10. The normalized spacial score (nSPS) is 30.5. The molecule has 6 aromatic carbocycles. The summed E-state index contributed by atoms with van der Waals surface area (Å²) in [5, 5.41) is 46.9. The molecule has 0 amide bonds. The van der Waals surface area contributed by atoms with E-state index in [0.29, 0.717) is 68.2 Å². The van der Waals surface area contributed by atoms with Crippen LogP contribution in [0.5, 0.6) is 17.2 Å². The van der Waals surface area contributed by atoms with Gasteiger partial charge in [-0.1, -0.05) is 129 Å². The third-order valence-corrected chi connectivity index (χ3v) is 22.3. The molecule has 0 unspecified atom stereocenters. The number of ether oxygens (including phenoxy) is 2. The molecule has 10 bridgehead atoms. The first-order valence-corrected chi connectivity index (χ1v) is 32.2. The van der Waals surface area contributed by atoms with Gasteiger partial charge in [0.1, 0.15) is 23.4 Å². The molecule has 6 aromatic rings. The van der Waals surface area contributed by atoms with Gasteiger partial charge in [0.15, 0.2) is 5.96 Å². The van der Waals surface area contributed by atoms with Crippen LogP contribution in [0, 0.1) is 46.8 Å². The van der Waals surface area contributed by atoms with Gasteiger partial charge in [-0.3, -0.25) is 0 Å². The van der Waals surface area contributed by atoms with Crippen LogP contribution < -0.4 is 45.8 Å². The maximum atomic E-state index is 14.4. The number of phenolic OH excluding ortho intramolecular Hbond substituents is 2. The molecular weight excluding hydrogens is 1090 g/mol. The molecule has 0 radical (unpaired) electrons. The van der Waals surface area contributed by atoms with Crippen LogP contribution in [0.1, 0.15) is 165 Å². The van der Waals surface area contributed by atoms with Gasteiger partial charge in [-0.05, 0) is 210 Å². The summed E-state index contributed by atoms with van der Waals surface area (Å²) in [6, 6.07) is 41.6. The van der Waals surface area contributed by atoms with E-state index < -0.39 is 50.6 Å². The summed E-state index contributed by atoms with van der Waals surface area (Å²) in [6.07, 6.45) is 11.7. The molecule has 8 N–H and O–H groups in total. The maximum absolute atomic E-state index is 14.4. The van der Waals surface area contributed by atoms with Crippen LogP contribution in [0.3, 0.4) is 0 Å². The van der Waals surface area contributed by atoms with Gasteiger partial charge in [-0.2, -0.15) is 0 Å². The van der Waals surface area contributed by atoms with Crippen LogP contribution >= 0.6 is 0 Å². The predicted molar refractivity (Wildman–Crippen MR) is 325 cm³/mol. The second kappa shape index (κ2) is 23.8. The first-order valence-electron chi connectivity index (χ1n) is 30.7. The van der Waals surface area contributed by atoms with Crippen LogP contribution in [0.15, 0.2) is 144 Å². The van der Waals surface area contributed by atoms with Crippen LogP contribution in [-0.4, -0.2) is 62.9 Å². The minimum absolute atomic E-state index is 0. The molecule has 1 spiro atoms. The standard InChI is InChI=1S/C71H79N3O9S.Na/c1-43-12-13-50-34-59-23-25-61(50)63(43)37-65(84(79,80)81)64-36-53-31-52(35-60-29-45(41-75)10-7-11-49-32-58(77)22-24-62(49)67(53)82-60)66(64)47-16-19-55(20-17-47)71(83-59,74-68(72)73)40-56(28-44-8-3-2-4-9-44)70(78)39-54(38-69(42-70)26-5-6-27-69)48-15-14-46-18-21-57(76)33-51(46)30-48;/h2-4,8-9,14-25,30,32-34,36,43,45,52,54,56,60,63-67,75-78H,5-6,10,12-13,26-29,31,35,37-42H2,1H3,(H4,72,73,74)(H,79,80,81);/q;+1/p-1/t43-,45+,52-,54+,56+,60-,63+,64-,65-,66+,67-,70-,71-;/m1./s1. The number of aliphatic imine (C=N–C) groups is 1. The van der Waals surface area contributed by atoms with E-state index in [2.05, 4.69) is 61.2 Å². The van der Waals surface area contributed by atoms with Crippen molar-refractivity contribution in [1.29, 1.82) is 0 Å². The fourth-order valence-electron chi connectivity index (χ4n) is 17.3. The number of rotatable bonds is 9. The molecule has 5 aliphatic heterocycles. The Balaban J connectivity index is 0.00000709. The number of aliphatic hydroxyl groups excluding tert-OH is 1. The monoisotopic (exact) mass is 1170 g/mol. The summed E-state index contributed by atoms with van der Waals surface area (Å²) in [5.74, 6) is 4.93. The van der Waals surface area contributed by atoms with E-state index in [4.69, 9.17) is 25.9 Å². The molecule has 438 valence electrons. The molecule has 13 atom stereocenters. The minimum atomic E-state index is -4.96. The Hall–Kier alpha value is -5.66. The zero-order valence-corrected chi connectivity index (χ0v) is 51.7. The SMILES string of the molecule is C[C@@H]1CCc2cc3ccc2[C@H]1C[C@@H](S(=O)(=O)[O-])[C@H]1C=C2C[C@H](C[C@H]4C[C@@H](CO)CC#Cc5cc(O)ccc5[C@@H]2O4)[C@@H]1c1ccc(cc1)[C@](C[C@H](Cc1ccccc1)[C@@]1(O)C[C@@H](c2ccc4ccc(O)cc4c2)CC2(CCCC2)C1)(N=C(N)N)O3.[Na+]. The second-order valence-corrected chi connectivity index (χ2v) is 28.1. The molecule has 12 nitrogen and oxygen atoms in total. The van der Waals surface area contributed by atoms with E-state index in [0.717, 1.165) is 88.3 Å². The third-order valence-electron chi connectivity index (χ3n) is 21.1. The second-order valence-electron chi connectivity index (χ2n) is 26.5. The molecule has 14 heteroatoms. The van der Waals surface area contributed by atoms with E-state index in [1.165, 1.54) is 0 Å². The Morgan fingerprint density at radius 2 is 1.59 bits per heavy atom. The van der Waals surface area contributed by atoms with Gasteiger partial charge < -0.3 is 45.9 Å². The van der Waals surface area contributed by atoms with Gasteiger partial charge >= 0.3 is 29.6 Å². The van der Waals surface area contributed by atoms with E-state index in [1.807, 2.05) is 72.8 Å². The number of allylic oxidation sites excluding steroid dienone is 1. The summed E-state index contributed by atoms with van der Waals surface area (Å²) >= 11 is 0. The summed E-state index contributed by atoms with van der Waals surface area (Å²) < 4.78 is 58.0. The topological polar surface area (TPSA) is 221 Å². The van der Waals surface area contributed by atoms with Gasteiger partial charge in [0.25, 0.3) is 0 Å². The van der Waals surface area contributed by atoms with Crippen LogP contribution in [0.25, 0.3) is 10.8 Å². The van der Waals surface area contributed by atoms with E-state index in [9.17, 15) is 33.4 Å². The van der Waals surface area contributed by atoms with Crippen molar-refractivity contribution in [1.82, 2.24) is 0 Å². The van der Waals surface area contributed by atoms with Crippen LogP contribution in [0.2, 0.25) is 0 Å². The molecule has 4 aliphatic carbocycles. The molecular formula is C71H78N3NaO9S. The van der Waals surface area contributed by atoms with Gasteiger partial charge in [-0.25, -0.2) is 13.4 Å². The zero-order chi connectivity index (χ0) is 58.1. The fraction of sp³-hybridized carbons (Fsp3) is 0.451. The van der Waals surface area contributed by atoms with E-state index in [1.54, 1.807) is 18.2 Å². The largest absolute Gasteiger partial charge is 1.00 e. The number of benzene rings is 6. The number of aliphatic hydroxyl groups is 2. The van der Waals surface area contributed by atoms with Crippen molar-refractivity contribution in [3.05, 3.63) is 184 Å². The Bertz CT molecular complexity index is 3700. The maximum Gasteiger partial charge on any atom is 1.00 e. The number of guanidine groups is 1. The number of aromatic hydroxyl groups is 2. The predicted octanol–water partition coefficient (Wildman–Crippen LogP) is 9.18. The molecule has 0 aromatic heterocycles. The quantitative estimate of drug-likeness (QED) is 0.0200. The molecule has 15 rings (SSSR count). The Morgan fingerprint density at radius 3 is 2.35 bits per heavy atom. The Kier molecular flexibility index (Phi) is 16.7. The molecule has 9 aliphatic rings. The molecule has 85 heavy (non-hydrogen) atoms. The van der Waals surface area contributed by atoms with Crippen molar-refractivity contribution in [3.8, 4) is 29.1 Å². The average Bonchev–Trinajstić information content (AvgIpc) is 2.15. The zero-order valence-electron chi connectivity index (χ0n) is 48.9. The third kappa shape index (κ3) is 12.0. The van der Waals surface area contributed by atoms with Crippen molar-refractivity contribution in [2.45, 2.75) is 156 Å². The van der Waals surface area contributed by atoms with Gasteiger partial charge in [0, 0.05) is 36.1 Å². The van der Waals surface area contributed by atoms with Crippen molar-refractivity contribution >= 4 is 26.9 Å². The van der Waals surface area contributed by atoms with E-state index in [-0.39, 0.29) is 108 Å². The number of hydrogen-bond donors (Lipinski definition) is 6. The first kappa shape index (κ1) is 59.7. The summed E-state index contributed by atoms with van der Waals surface area (Å²) in [4.78, 5) is 5.24. The van der Waals surface area contributed by atoms with Crippen molar-refractivity contribution in [3.63, 3.8) is 0 Å². The van der Waals surface area contributed by atoms with Crippen molar-refractivity contribution < 1.29 is 72.4 Å². The van der Waals surface area contributed by atoms with Gasteiger partial charge in [0.05, 0.1) is 27.1 Å². The summed E-state index contributed by atoms with van der Waals surface area (Å²) in [5.41, 5.74) is 18.4. The van der Waals surface area contributed by atoms with Gasteiger partial charge in [0.2, 0.25) is 5.72 Å². The number of aryl methyl sites for hydroxylation is 1. The molecule has 1 saturated heterocycles. The van der Waals surface area contributed by atoms with Crippen LogP contribution in [0.4, 0.5) is 0 Å². The minimum Gasteiger partial charge on any atom is -0.748 e. The molecule has 2 saturated carbocycles. The van der Waals surface area contributed by atoms with Gasteiger partial charge in [-0.15, -0.1) is 0 Å². The van der Waals surface area contributed by atoms with Crippen LogP contribution in [-0.2, 0) is 33.4 Å². The van der Waals surface area contributed by atoms with E-state index >= 15 is 0 Å². The fourth-order valence-corrected chi connectivity index (χ4v) is 18.3. The number of phenols is 2. The van der Waals surface area contributed by atoms with Crippen molar-refractivity contribution in [2.24, 2.45) is 51.5 Å². The smallest absolute Gasteiger partial charge is 0.748 e. The Labute approximate surface area is 522 Å². The first-order chi connectivity index (χ1) is 40.4. The number of hydrogen-bond acceptors (Lipinski definition) is 10. The summed E-state index contributed by atoms with van der Waals surface area (Å²) in [6.45, 7) is 2.07. The van der Waals surface area contributed by atoms with Crippen molar-refractivity contribution in [2.75, 3.05) is 6.61 Å². The number of nitrogens with two attached hydrogens (primary N) is 2. The Morgan fingerprint density at radius 1 is 0.847 bits per heavy atom. The molecule has 3 fully saturated rings. The average molecular weight is 1170 g/mol. The summed E-state index contributed by atoms with van der Waals surface area (Å²) in [7, 11) is -4.96.